The molecule has 0 unspecified atom stereocenters. The Morgan fingerprint density at radius 3 is 2.33 bits per heavy atom. The van der Waals surface area contributed by atoms with Gasteiger partial charge in [0.15, 0.2) is 0 Å². The van der Waals surface area contributed by atoms with Crippen LogP contribution in [0.2, 0.25) is 0 Å². The molecule has 2 saturated heterocycles. The molecule has 2 bridgehead atoms. The highest BCUT2D eigenvalue weighted by molar-refractivity contribution is 4.93. The lowest BCUT2D eigenvalue weighted by molar-refractivity contribution is -0.00510. The Bertz CT molecular complexity index is 160. The van der Waals surface area contributed by atoms with Crippen LogP contribution in [0.15, 0.2) is 0 Å². The van der Waals surface area contributed by atoms with Crippen LogP contribution in [-0.2, 0) is 0 Å². The fraction of sp³-hybridized carbons (Fsp3) is 1.00. The van der Waals surface area contributed by atoms with Crippen LogP contribution in [0.5, 0.6) is 0 Å². The third-order valence-corrected chi connectivity index (χ3v) is 3.23. The van der Waals surface area contributed by atoms with E-state index in [0.717, 1.165) is 12.0 Å². The van der Waals surface area contributed by atoms with Gasteiger partial charge in [0.1, 0.15) is 0 Å². The lowest BCUT2D eigenvalue weighted by atomic mass is 9.73. The van der Waals surface area contributed by atoms with Gasteiger partial charge in [-0.3, -0.25) is 4.90 Å². The molecule has 3 aliphatic rings. The third kappa shape index (κ3) is 1.66. The van der Waals surface area contributed by atoms with Gasteiger partial charge in [-0.05, 0) is 37.1 Å². The number of hydrogen-bond donors (Lipinski definition) is 0. The van der Waals surface area contributed by atoms with Crippen LogP contribution in [-0.4, -0.2) is 24.0 Å². The van der Waals surface area contributed by atoms with Crippen molar-refractivity contribution >= 4 is 0 Å². The molecule has 0 aromatic heterocycles. The van der Waals surface area contributed by atoms with Crippen LogP contribution in [0.25, 0.3) is 0 Å². The SMILES string of the molecule is CC(C)(C)CN1CCC2CC1C2. The Morgan fingerprint density at radius 1 is 1.25 bits per heavy atom. The maximum absolute atomic E-state index is 2.71. The van der Waals surface area contributed by atoms with E-state index >= 15 is 0 Å². The number of piperidine rings is 2. The Balaban J connectivity index is 1.87. The van der Waals surface area contributed by atoms with Crippen molar-refractivity contribution in [3.63, 3.8) is 0 Å². The van der Waals surface area contributed by atoms with Gasteiger partial charge in [-0.2, -0.15) is 0 Å². The van der Waals surface area contributed by atoms with E-state index in [2.05, 4.69) is 25.7 Å². The highest BCUT2D eigenvalue weighted by Crippen LogP contribution is 2.40. The second-order valence-electron chi connectivity index (χ2n) is 5.81. The molecular weight excluding hydrogens is 146 g/mol. The Kier molecular flexibility index (Phi) is 1.95. The van der Waals surface area contributed by atoms with E-state index in [9.17, 15) is 0 Å². The summed E-state index contributed by atoms with van der Waals surface area (Å²) in [5.41, 5.74) is 0.489. The maximum atomic E-state index is 2.71. The van der Waals surface area contributed by atoms with E-state index in [0.29, 0.717) is 5.41 Å². The largest absolute Gasteiger partial charge is 0.300 e. The summed E-state index contributed by atoms with van der Waals surface area (Å²) in [7, 11) is 0. The highest BCUT2D eigenvalue weighted by Gasteiger charge is 2.39. The van der Waals surface area contributed by atoms with Crippen LogP contribution in [0.1, 0.15) is 40.0 Å². The van der Waals surface area contributed by atoms with Crippen molar-refractivity contribution < 1.29 is 0 Å². The minimum atomic E-state index is 0.489. The molecule has 0 amide bonds. The van der Waals surface area contributed by atoms with E-state index < -0.39 is 0 Å². The molecule has 0 aromatic carbocycles. The molecule has 0 aromatic rings. The molecule has 2 heterocycles. The maximum Gasteiger partial charge on any atom is 0.0101 e. The molecule has 12 heavy (non-hydrogen) atoms. The first kappa shape index (κ1) is 8.55. The quantitative estimate of drug-likeness (QED) is 0.580. The van der Waals surface area contributed by atoms with Crippen molar-refractivity contribution in [1.29, 1.82) is 0 Å². The highest BCUT2D eigenvalue weighted by atomic mass is 15.2. The van der Waals surface area contributed by atoms with Crippen LogP contribution >= 0.6 is 0 Å². The number of rotatable bonds is 1. The Hall–Kier alpha value is -0.0400. The van der Waals surface area contributed by atoms with Crippen LogP contribution < -0.4 is 0 Å². The number of hydrogen-bond acceptors (Lipinski definition) is 1. The van der Waals surface area contributed by atoms with Gasteiger partial charge >= 0.3 is 0 Å². The first-order valence-corrected chi connectivity index (χ1v) is 5.29. The monoisotopic (exact) mass is 167 g/mol. The van der Waals surface area contributed by atoms with E-state index in [1.54, 1.807) is 0 Å². The summed E-state index contributed by atoms with van der Waals surface area (Å²) in [6.07, 6.45) is 4.46. The minimum Gasteiger partial charge on any atom is -0.300 e. The average molecular weight is 167 g/mol. The average Bonchev–Trinajstić information content (AvgIpc) is 1.80. The summed E-state index contributed by atoms with van der Waals surface area (Å²) in [5, 5.41) is 0. The summed E-state index contributed by atoms with van der Waals surface area (Å²) in [6.45, 7) is 9.70. The zero-order valence-corrected chi connectivity index (χ0v) is 8.64. The van der Waals surface area contributed by atoms with Crippen molar-refractivity contribution in [2.24, 2.45) is 11.3 Å². The van der Waals surface area contributed by atoms with E-state index in [1.165, 1.54) is 32.4 Å². The van der Waals surface area contributed by atoms with Crippen molar-refractivity contribution in [3.8, 4) is 0 Å². The molecule has 0 radical (unpaired) electrons. The lowest BCUT2D eigenvalue weighted by Gasteiger charge is -2.50. The van der Waals surface area contributed by atoms with Gasteiger partial charge in [-0.25, -0.2) is 0 Å². The van der Waals surface area contributed by atoms with Gasteiger partial charge in [-0.1, -0.05) is 20.8 Å². The second kappa shape index (κ2) is 2.73. The molecular formula is C11H21N. The zero-order chi connectivity index (χ0) is 8.77. The van der Waals surface area contributed by atoms with Gasteiger partial charge in [0.05, 0.1) is 0 Å². The van der Waals surface area contributed by atoms with Gasteiger partial charge < -0.3 is 0 Å². The summed E-state index contributed by atoms with van der Waals surface area (Å²) < 4.78 is 0. The lowest BCUT2D eigenvalue weighted by Crippen LogP contribution is -2.53. The van der Waals surface area contributed by atoms with Gasteiger partial charge in [0.2, 0.25) is 0 Å². The van der Waals surface area contributed by atoms with Crippen molar-refractivity contribution in [1.82, 2.24) is 4.90 Å². The molecule has 0 spiro atoms. The van der Waals surface area contributed by atoms with Crippen molar-refractivity contribution in [3.05, 3.63) is 0 Å². The Labute approximate surface area is 76.1 Å². The Morgan fingerprint density at radius 2 is 1.92 bits per heavy atom. The molecule has 2 aliphatic heterocycles. The van der Waals surface area contributed by atoms with E-state index in [-0.39, 0.29) is 0 Å². The number of fused-ring (bicyclic) bond motifs is 2. The molecule has 1 aliphatic carbocycles. The first-order chi connectivity index (χ1) is 5.54. The molecule has 1 nitrogen and oxygen atoms in total. The summed E-state index contributed by atoms with van der Waals surface area (Å²) in [6, 6.07) is 0.961. The molecule has 70 valence electrons. The molecule has 1 saturated carbocycles. The normalized spacial score (nSPS) is 36.2. The van der Waals surface area contributed by atoms with Gasteiger partial charge in [-0.15, -0.1) is 0 Å². The fourth-order valence-electron chi connectivity index (χ4n) is 2.58. The fourth-order valence-corrected chi connectivity index (χ4v) is 2.58. The molecule has 3 fully saturated rings. The third-order valence-electron chi connectivity index (χ3n) is 3.23. The summed E-state index contributed by atoms with van der Waals surface area (Å²) in [5.74, 6) is 1.10. The van der Waals surface area contributed by atoms with Crippen LogP contribution in [0.3, 0.4) is 0 Å². The van der Waals surface area contributed by atoms with E-state index in [4.69, 9.17) is 0 Å². The van der Waals surface area contributed by atoms with E-state index in [1.807, 2.05) is 0 Å². The smallest absolute Gasteiger partial charge is 0.0101 e. The summed E-state index contributed by atoms with van der Waals surface area (Å²) >= 11 is 0. The predicted octanol–water partition coefficient (Wildman–Crippen LogP) is 2.52. The van der Waals surface area contributed by atoms with Crippen molar-refractivity contribution in [2.45, 2.75) is 46.1 Å². The standard InChI is InChI=1S/C11H21N/c1-11(2,3)8-12-5-4-9-6-10(12)7-9/h9-10H,4-8H2,1-3H3. The van der Waals surface area contributed by atoms with Gasteiger partial charge in [0, 0.05) is 12.6 Å². The van der Waals surface area contributed by atoms with Gasteiger partial charge in [0.25, 0.3) is 0 Å². The molecule has 0 N–H and O–H groups in total. The van der Waals surface area contributed by atoms with Crippen LogP contribution in [0, 0.1) is 11.3 Å². The minimum absolute atomic E-state index is 0.489. The summed E-state index contributed by atoms with van der Waals surface area (Å²) in [4.78, 5) is 2.71. The second-order valence-corrected chi connectivity index (χ2v) is 5.81. The molecule has 1 heteroatoms. The van der Waals surface area contributed by atoms with Crippen molar-refractivity contribution in [2.75, 3.05) is 13.1 Å². The topological polar surface area (TPSA) is 3.24 Å². The first-order valence-electron chi connectivity index (χ1n) is 5.29. The number of nitrogens with zero attached hydrogens (tertiary/aromatic N) is 1. The zero-order valence-electron chi connectivity index (χ0n) is 8.64. The van der Waals surface area contributed by atoms with Crippen LogP contribution in [0.4, 0.5) is 0 Å². The molecule has 3 rings (SSSR count). The predicted molar refractivity (Wildman–Crippen MR) is 52.2 cm³/mol. The molecule has 0 atom stereocenters.